The highest BCUT2D eigenvalue weighted by molar-refractivity contribution is 5.70. The van der Waals surface area contributed by atoms with Crippen LogP contribution in [0.1, 0.15) is 30.9 Å². The van der Waals surface area contributed by atoms with Crippen LogP contribution >= 0.6 is 0 Å². The minimum atomic E-state index is -0.730. The monoisotopic (exact) mass is 425 g/mol. The van der Waals surface area contributed by atoms with Gasteiger partial charge in [-0.1, -0.05) is 6.07 Å². The van der Waals surface area contributed by atoms with E-state index in [-0.39, 0.29) is 23.9 Å². The van der Waals surface area contributed by atoms with E-state index in [0.29, 0.717) is 36.7 Å². The molecule has 4 rings (SSSR count). The molecule has 2 heterocycles. The van der Waals surface area contributed by atoms with Crippen molar-refractivity contribution in [1.82, 2.24) is 10.2 Å². The number of carbonyl (C=O) groups excluding carboxylic acids is 1. The van der Waals surface area contributed by atoms with E-state index in [1.807, 2.05) is 18.2 Å². The van der Waals surface area contributed by atoms with Gasteiger partial charge < -0.3 is 18.6 Å². The molecule has 1 aliphatic rings. The van der Waals surface area contributed by atoms with E-state index < -0.39 is 17.0 Å². The van der Waals surface area contributed by atoms with Crippen molar-refractivity contribution < 1.29 is 28.3 Å². The van der Waals surface area contributed by atoms with Crippen LogP contribution in [0.15, 0.2) is 46.9 Å². The minimum Gasteiger partial charge on any atom is -0.486 e. The summed E-state index contributed by atoms with van der Waals surface area (Å²) < 4.78 is 22.0. The molecule has 2 aromatic carbocycles. The lowest BCUT2D eigenvalue weighted by molar-refractivity contribution is -0.384. The summed E-state index contributed by atoms with van der Waals surface area (Å²) in [5, 5.41) is 18.6. The van der Waals surface area contributed by atoms with Crippen molar-refractivity contribution in [3.63, 3.8) is 0 Å². The van der Waals surface area contributed by atoms with Crippen molar-refractivity contribution in [3.8, 4) is 23.0 Å². The van der Waals surface area contributed by atoms with Gasteiger partial charge in [0.25, 0.3) is 11.6 Å². The Hall–Kier alpha value is -3.95. The van der Waals surface area contributed by atoms with Crippen LogP contribution in [-0.4, -0.2) is 34.3 Å². The molecule has 0 amide bonds. The fourth-order valence-electron chi connectivity index (χ4n) is 3.04. The number of nitro groups is 1. The lowest BCUT2D eigenvalue weighted by atomic mass is 10.1. The van der Waals surface area contributed by atoms with Gasteiger partial charge in [-0.3, -0.25) is 14.9 Å². The molecule has 3 aromatic rings. The summed E-state index contributed by atoms with van der Waals surface area (Å²) in [4.78, 5) is 22.5. The Balaban J connectivity index is 1.32. The normalized spacial score (nSPS) is 13.5. The van der Waals surface area contributed by atoms with Crippen molar-refractivity contribution in [3.05, 3.63) is 64.0 Å². The van der Waals surface area contributed by atoms with Gasteiger partial charge >= 0.3 is 5.97 Å². The number of nitrogens with zero attached hydrogens (tertiary/aromatic N) is 3. The second-order valence-corrected chi connectivity index (χ2v) is 6.86. The third-order valence-corrected chi connectivity index (χ3v) is 4.65. The summed E-state index contributed by atoms with van der Waals surface area (Å²) in [6.45, 7) is 2.66. The summed E-state index contributed by atoms with van der Waals surface area (Å²) in [6.07, 6.45) is -0.0694. The summed E-state index contributed by atoms with van der Waals surface area (Å²) in [5.41, 5.74) is 1.43. The predicted octanol–water partition coefficient (Wildman–Crippen LogP) is 3.65. The van der Waals surface area contributed by atoms with Gasteiger partial charge in [0.2, 0.25) is 5.89 Å². The molecule has 1 aromatic heterocycles. The SMILES string of the molecule is CC(OC(=O)CCc1ccc2c(c1)OCCO2)c1nnc(-c2ccc([N+](=O)[O-])cc2)o1. The number of aryl methyl sites for hydroxylation is 1. The molecule has 10 nitrogen and oxygen atoms in total. The van der Waals surface area contributed by atoms with Gasteiger partial charge in [0.1, 0.15) is 13.2 Å². The molecule has 160 valence electrons. The van der Waals surface area contributed by atoms with Crippen LogP contribution in [-0.2, 0) is 16.0 Å². The van der Waals surface area contributed by atoms with Crippen LogP contribution in [0, 0.1) is 10.1 Å². The molecule has 0 radical (unpaired) electrons. The predicted molar refractivity (Wildman–Crippen MR) is 107 cm³/mol. The molecule has 31 heavy (non-hydrogen) atoms. The zero-order valence-electron chi connectivity index (χ0n) is 16.6. The Labute approximate surface area is 176 Å². The largest absolute Gasteiger partial charge is 0.486 e. The smallest absolute Gasteiger partial charge is 0.306 e. The maximum Gasteiger partial charge on any atom is 0.306 e. The first-order valence-corrected chi connectivity index (χ1v) is 9.66. The van der Waals surface area contributed by atoms with E-state index in [0.717, 1.165) is 5.56 Å². The van der Waals surface area contributed by atoms with Crippen molar-refractivity contribution in [1.29, 1.82) is 0 Å². The average Bonchev–Trinajstić information content (AvgIpc) is 3.28. The fraction of sp³-hybridized carbons (Fsp3) is 0.286. The first-order valence-electron chi connectivity index (χ1n) is 9.66. The number of rotatable bonds is 7. The van der Waals surface area contributed by atoms with Crippen LogP contribution in [0.2, 0.25) is 0 Å². The number of nitro benzene ring substituents is 1. The number of esters is 1. The third kappa shape index (κ3) is 4.80. The van der Waals surface area contributed by atoms with Crippen LogP contribution < -0.4 is 9.47 Å². The zero-order valence-corrected chi connectivity index (χ0v) is 16.6. The highest BCUT2D eigenvalue weighted by atomic mass is 16.6. The van der Waals surface area contributed by atoms with Gasteiger partial charge in [-0.25, -0.2) is 0 Å². The van der Waals surface area contributed by atoms with Crippen molar-refractivity contribution in [2.45, 2.75) is 25.9 Å². The Morgan fingerprint density at radius 1 is 1.13 bits per heavy atom. The lowest BCUT2D eigenvalue weighted by Crippen LogP contribution is -2.15. The quantitative estimate of drug-likeness (QED) is 0.316. The number of fused-ring (bicyclic) bond motifs is 1. The maximum absolute atomic E-state index is 12.2. The van der Waals surface area contributed by atoms with Gasteiger partial charge in [0.05, 0.1) is 4.92 Å². The number of hydrogen-bond acceptors (Lipinski definition) is 9. The van der Waals surface area contributed by atoms with Crippen LogP contribution in [0.4, 0.5) is 5.69 Å². The molecule has 1 atom stereocenters. The number of hydrogen-bond donors (Lipinski definition) is 0. The molecule has 0 bridgehead atoms. The topological polar surface area (TPSA) is 127 Å². The van der Waals surface area contributed by atoms with E-state index in [1.165, 1.54) is 24.3 Å². The van der Waals surface area contributed by atoms with Crippen molar-refractivity contribution in [2.75, 3.05) is 13.2 Å². The minimum absolute atomic E-state index is 0.0381. The Morgan fingerprint density at radius 3 is 2.61 bits per heavy atom. The van der Waals surface area contributed by atoms with Gasteiger partial charge in [0.15, 0.2) is 17.6 Å². The lowest BCUT2D eigenvalue weighted by Gasteiger charge is -2.18. The Kier molecular flexibility index (Phi) is 5.78. The van der Waals surface area contributed by atoms with Gasteiger partial charge in [-0.2, -0.15) is 0 Å². The van der Waals surface area contributed by atoms with Crippen LogP contribution in [0.5, 0.6) is 11.5 Å². The molecule has 10 heteroatoms. The summed E-state index contributed by atoms with van der Waals surface area (Å²) >= 11 is 0. The Morgan fingerprint density at radius 2 is 1.87 bits per heavy atom. The van der Waals surface area contributed by atoms with Crippen molar-refractivity contribution >= 4 is 11.7 Å². The second kappa shape index (κ2) is 8.82. The molecule has 0 N–H and O–H groups in total. The highest BCUT2D eigenvalue weighted by Gasteiger charge is 2.20. The molecule has 1 unspecified atom stereocenters. The molecular weight excluding hydrogens is 406 g/mol. The maximum atomic E-state index is 12.2. The van der Waals surface area contributed by atoms with E-state index >= 15 is 0 Å². The molecule has 0 spiro atoms. The highest BCUT2D eigenvalue weighted by Crippen LogP contribution is 2.31. The van der Waals surface area contributed by atoms with Crippen molar-refractivity contribution in [2.24, 2.45) is 0 Å². The molecule has 0 saturated heterocycles. The summed E-state index contributed by atoms with van der Waals surface area (Å²) in [6, 6.07) is 11.3. The van der Waals surface area contributed by atoms with Gasteiger partial charge in [0, 0.05) is 24.1 Å². The second-order valence-electron chi connectivity index (χ2n) is 6.86. The van der Waals surface area contributed by atoms with E-state index in [2.05, 4.69) is 10.2 Å². The fourth-order valence-corrected chi connectivity index (χ4v) is 3.04. The molecule has 0 aliphatic carbocycles. The van der Waals surface area contributed by atoms with Crippen LogP contribution in [0.25, 0.3) is 11.5 Å². The molecule has 0 saturated carbocycles. The summed E-state index contributed by atoms with van der Waals surface area (Å²) in [5.74, 6) is 1.30. The zero-order chi connectivity index (χ0) is 21.8. The molecule has 1 aliphatic heterocycles. The Bertz CT molecular complexity index is 1090. The van der Waals surface area contributed by atoms with E-state index in [9.17, 15) is 14.9 Å². The first kappa shape index (κ1) is 20.3. The van der Waals surface area contributed by atoms with E-state index in [4.69, 9.17) is 18.6 Å². The van der Waals surface area contributed by atoms with E-state index in [1.54, 1.807) is 6.92 Å². The van der Waals surface area contributed by atoms with Gasteiger partial charge in [-0.15, -0.1) is 10.2 Å². The summed E-state index contributed by atoms with van der Waals surface area (Å²) in [7, 11) is 0. The number of aromatic nitrogens is 2. The number of ether oxygens (including phenoxy) is 3. The first-order chi connectivity index (χ1) is 15.0. The third-order valence-electron chi connectivity index (χ3n) is 4.65. The number of carbonyl (C=O) groups is 1. The average molecular weight is 425 g/mol. The number of benzene rings is 2. The van der Waals surface area contributed by atoms with Crippen LogP contribution in [0.3, 0.4) is 0 Å². The number of non-ortho nitro benzene ring substituents is 1. The standard InChI is InChI=1S/C21H19N3O7/c1-13(20-22-23-21(31-20)15-4-6-16(7-5-15)24(26)27)30-19(25)9-3-14-2-8-17-18(12-14)29-11-10-28-17/h2,4-8,12-13H,3,9-11H2,1H3. The van der Waals surface area contributed by atoms with Gasteiger partial charge in [-0.05, 0) is 43.2 Å². The molecular formula is C21H19N3O7. The molecule has 0 fully saturated rings.